The first-order valence-electron chi connectivity index (χ1n) is 8.99. The fourth-order valence-electron chi connectivity index (χ4n) is 2.74. The molecule has 1 N–H and O–H groups in total. The van der Waals surface area contributed by atoms with Crippen molar-refractivity contribution in [2.75, 3.05) is 5.32 Å². The summed E-state index contributed by atoms with van der Waals surface area (Å²) >= 11 is 7.39. The predicted molar refractivity (Wildman–Crippen MR) is 116 cm³/mol. The summed E-state index contributed by atoms with van der Waals surface area (Å²) < 4.78 is 3.22. The summed E-state index contributed by atoms with van der Waals surface area (Å²) in [7, 11) is 0. The minimum Gasteiger partial charge on any atom is -0.360 e. The van der Waals surface area contributed by atoms with Crippen LogP contribution in [0, 0.1) is 0 Å². The van der Waals surface area contributed by atoms with Gasteiger partial charge in [0.05, 0.1) is 0 Å². The van der Waals surface area contributed by atoms with Crippen molar-refractivity contribution in [1.29, 1.82) is 0 Å². The van der Waals surface area contributed by atoms with E-state index in [0.29, 0.717) is 22.5 Å². The molecule has 0 unspecified atom stereocenters. The first-order chi connectivity index (χ1) is 14.2. The Morgan fingerprint density at radius 3 is 2.34 bits per heavy atom. The molecule has 4 rings (SSSR count). The second-order valence-corrected chi connectivity index (χ2v) is 7.64. The molecule has 146 valence electrons. The number of rotatable bonds is 7. The van der Waals surface area contributed by atoms with Gasteiger partial charge in [-0.25, -0.2) is 0 Å². The van der Waals surface area contributed by atoms with E-state index in [-0.39, 0.29) is 11.4 Å². The Labute approximate surface area is 177 Å². The molecule has 2 aromatic carbocycles. The number of halogens is 1. The molecular formula is C21H18ClN5OS. The molecule has 0 spiro atoms. The molecule has 0 bridgehead atoms. The fraction of sp³-hybridized carbons (Fsp3) is 0.0952. The van der Waals surface area contributed by atoms with Gasteiger partial charge in [0.2, 0.25) is 11.0 Å². The zero-order valence-electron chi connectivity index (χ0n) is 15.4. The average Bonchev–Trinajstić information content (AvgIpc) is 3.28. The van der Waals surface area contributed by atoms with E-state index >= 15 is 0 Å². The molecule has 0 aliphatic carbocycles. The maximum Gasteiger partial charge on any atom is 0.316 e. The Morgan fingerprint density at radius 1 is 0.897 bits per heavy atom. The molecule has 2 aromatic heterocycles. The van der Waals surface area contributed by atoms with E-state index in [1.165, 1.54) is 16.4 Å². The number of benzene rings is 2. The lowest BCUT2D eigenvalue weighted by molar-refractivity contribution is 0.532. The number of hydrogen-bond acceptors (Lipinski definition) is 5. The van der Waals surface area contributed by atoms with E-state index in [2.05, 4.69) is 15.5 Å². The first kappa shape index (κ1) is 19.3. The number of thioether (sulfide) groups is 1. The zero-order chi connectivity index (χ0) is 20.1. The number of nitrogens with zero attached hydrogens (tertiary/aromatic N) is 4. The SMILES string of the molecule is O=c1c(NCc2ccccc2)nnc(SCc2ccc(Cl)cc2)n1-n1cccc1. The molecule has 4 aromatic rings. The maximum atomic E-state index is 13.1. The van der Waals surface area contributed by atoms with Crippen LogP contribution in [-0.4, -0.2) is 19.5 Å². The van der Waals surface area contributed by atoms with Gasteiger partial charge in [-0.1, -0.05) is 65.8 Å². The summed E-state index contributed by atoms with van der Waals surface area (Å²) in [6.45, 7) is 0.494. The van der Waals surface area contributed by atoms with Crippen LogP contribution in [0.5, 0.6) is 0 Å². The molecule has 0 amide bonds. The molecule has 0 fully saturated rings. The first-order valence-corrected chi connectivity index (χ1v) is 10.4. The highest BCUT2D eigenvalue weighted by Gasteiger charge is 2.14. The van der Waals surface area contributed by atoms with Gasteiger partial charge >= 0.3 is 5.56 Å². The highest BCUT2D eigenvalue weighted by Crippen LogP contribution is 2.21. The normalized spacial score (nSPS) is 10.8. The second kappa shape index (κ2) is 8.98. The van der Waals surface area contributed by atoms with Gasteiger partial charge in [0, 0.05) is 29.7 Å². The van der Waals surface area contributed by atoms with E-state index in [9.17, 15) is 4.79 Å². The van der Waals surface area contributed by atoms with E-state index in [1.54, 1.807) is 17.1 Å². The molecule has 0 saturated heterocycles. The molecule has 0 aliphatic rings. The van der Waals surface area contributed by atoms with Crippen LogP contribution in [0.15, 0.2) is 89.1 Å². The van der Waals surface area contributed by atoms with Crippen molar-refractivity contribution >= 4 is 29.2 Å². The van der Waals surface area contributed by atoms with Crippen molar-refractivity contribution in [3.63, 3.8) is 0 Å². The van der Waals surface area contributed by atoms with Gasteiger partial charge in [0.15, 0.2) is 0 Å². The second-order valence-electron chi connectivity index (χ2n) is 6.27. The van der Waals surface area contributed by atoms with Gasteiger partial charge in [-0.15, -0.1) is 10.2 Å². The average molecular weight is 424 g/mol. The summed E-state index contributed by atoms with van der Waals surface area (Å²) in [5.41, 5.74) is 1.88. The van der Waals surface area contributed by atoms with Gasteiger partial charge in [-0.3, -0.25) is 9.47 Å². The van der Waals surface area contributed by atoms with Crippen LogP contribution in [0.3, 0.4) is 0 Å². The third-order valence-electron chi connectivity index (χ3n) is 4.22. The van der Waals surface area contributed by atoms with Gasteiger partial charge in [-0.2, -0.15) is 4.68 Å². The minimum atomic E-state index is -0.259. The molecule has 29 heavy (non-hydrogen) atoms. The van der Waals surface area contributed by atoms with Crippen molar-refractivity contribution in [1.82, 2.24) is 19.5 Å². The van der Waals surface area contributed by atoms with E-state index in [0.717, 1.165) is 11.1 Å². The van der Waals surface area contributed by atoms with Crippen molar-refractivity contribution in [2.45, 2.75) is 17.5 Å². The zero-order valence-corrected chi connectivity index (χ0v) is 17.0. The molecule has 0 atom stereocenters. The Kier molecular flexibility index (Phi) is 5.97. The van der Waals surface area contributed by atoms with Gasteiger partial charge in [0.1, 0.15) is 0 Å². The van der Waals surface area contributed by atoms with Crippen molar-refractivity contribution in [3.8, 4) is 0 Å². The quantitative estimate of drug-likeness (QED) is 0.449. The Morgan fingerprint density at radius 2 is 1.62 bits per heavy atom. The highest BCUT2D eigenvalue weighted by atomic mass is 35.5. The largest absolute Gasteiger partial charge is 0.360 e. The summed E-state index contributed by atoms with van der Waals surface area (Å²) in [5, 5.41) is 12.7. The minimum absolute atomic E-state index is 0.207. The van der Waals surface area contributed by atoms with Crippen LogP contribution >= 0.6 is 23.4 Å². The molecule has 6 nitrogen and oxygen atoms in total. The Bertz CT molecular complexity index is 1130. The Balaban J connectivity index is 1.60. The summed E-state index contributed by atoms with van der Waals surface area (Å²) in [6.07, 6.45) is 3.60. The number of aromatic nitrogens is 4. The van der Waals surface area contributed by atoms with Crippen LogP contribution in [0.4, 0.5) is 5.82 Å². The summed E-state index contributed by atoms with van der Waals surface area (Å²) in [4.78, 5) is 13.1. The lowest BCUT2D eigenvalue weighted by atomic mass is 10.2. The smallest absolute Gasteiger partial charge is 0.316 e. The summed E-state index contributed by atoms with van der Waals surface area (Å²) in [6, 6.07) is 21.2. The standard InChI is InChI=1S/C21H18ClN5OS/c22-18-10-8-17(9-11-18)15-29-21-25-24-19(23-14-16-6-2-1-3-7-16)20(28)27(21)26-12-4-5-13-26/h1-13H,14-15H2,(H,23,24). The highest BCUT2D eigenvalue weighted by molar-refractivity contribution is 7.98. The van der Waals surface area contributed by atoms with Crippen LogP contribution in [-0.2, 0) is 12.3 Å². The van der Waals surface area contributed by atoms with Crippen LogP contribution in [0.2, 0.25) is 5.02 Å². The topological polar surface area (TPSA) is 64.7 Å². The summed E-state index contributed by atoms with van der Waals surface area (Å²) in [5.74, 6) is 0.849. The number of nitrogens with one attached hydrogen (secondary N) is 1. The Hall–Kier alpha value is -3.03. The predicted octanol–water partition coefficient (Wildman–Crippen LogP) is 4.31. The van der Waals surface area contributed by atoms with Crippen molar-refractivity contribution in [3.05, 3.63) is 106 Å². The van der Waals surface area contributed by atoms with Crippen LogP contribution in [0.25, 0.3) is 0 Å². The molecule has 0 radical (unpaired) electrons. The monoisotopic (exact) mass is 423 g/mol. The lowest BCUT2D eigenvalue weighted by Gasteiger charge is -2.14. The molecule has 8 heteroatoms. The van der Waals surface area contributed by atoms with Crippen molar-refractivity contribution < 1.29 is 0 Å². The van der Waals surface area contributed by atoms with E-state index in [4.69, 9.17) is 11.6 Å². The third-order valence-corrected chi connectivity index (χ3v) is 5.46. The van der Waals surface area contributed by atoms with Gasteiger partial charge in [-0.05, 0) is 35.4 Å². The molecule has 0 aliphatic heterocycles. The van der Waals surface area contributed by atoms with Crippen LogP contribution < -0.4 is 10.9 Å². The molecule has 2 heterocycles. The van der Waals surface area contributed by atoms with Crippen molar-refractivity contribution in [2.24, 2.45) is 0 Å². The fourth-order valence-corrected chi connectivity index (χ4v) is 3.75. The van der Waals surface area contributed by atoms with E-state index in [1.807, 2.05) is 66.7 Å². The van der Waals surface area contributed by atoms with Gasteiger partial charge in [0.25, 0.3) is 0 Å². The lowest BCUT2D eigenvalue weighted by Crippen LogP contribution is -2.31. The third kappa shape index (κ3) is 4.70. The number of anilines is 1. The maximum absolute atomic E-state index is 13.1. The van der Waals surface area contributed by atoms with E-state index < -0.39 is 0 Å². The van der Waals surface area contributed by atoms with Crippen LogP contribution in [0.1, 0.15) is 11.1 Å². The molecule has 0 saturated carbocycles. The number of hydrogen-bond donors (Lipinski definition) is 1. The van der Waals surface area contributed by atoms with Gasteiger partial charge < -0.3 is 5.32 Å². The molecular weight excluding hydrogens is 406 g/mol.